The van der Waals surface area contributed by atoms with Gasteiger partial charge in [0.05, 0.1) is 32.0 Å². The van der Waals surface area contributed by atoms with Crippen molar-refractivity contribution < 1.29 is 64.6 Å². The Kier molecular flexibility index (Phi) is 55.8. The number of aliphatic hydroxyl groups is 8. The molecule has 12 unspecified atom stereocenters. The van der Waals surface area contributed by atoms with Crippen LogP contribution >= 0.6 is 0 Å². The second kappa shape index (κ2) is 61.2. The van der Waals surface area contributed by atoms with Gasteiger partial charge in [-0.1, -0.05) is 268 Å². The van der Waals surface area contributed by atoms with Crippen LogP contribution in [0.3, 0.4) is 0 Å². The second-order valence-corrected chi connectivity index (χ2v) is 24.6. The number of carbonyl (C=O) groups excluding carboxylic acids is 1. The standard InChI is InChI=1S/C79H129NO13/c1-3-5-7-9-11-13-15-17-19-21-23-25-27-29-30-31-32-33-34-35-36-37-38-39-41-43-45-47-49-51-53-55-57-59-61-63-71(84)80-67(66-90-78-76(89)74(87)77(70(65-82)92-78)93-79-75(88)73(86)72(85)69(64-81)91-79)68(83)62-60-58-56-54-52-50-48-46-44-42-40-28-26-24-22-20-18-16-14-12-10-8-6-4-2/h5,7,11,13,17,19,23,25,29-30,32-33,35-36,38-39,43-46,49,51-52,54,60,62,67-70,72-79,81-83,85-89H,3-4,6,8-10,12,14-16,18,20-22,24,26-28,31,34,37,40-42,47-48,50,53,55-59,61,63-66H2,1-2H3,(H,80,84)/b7-5-,13-11-,19-17-,25-23-,30-29-,33-32-,36-35-,39-38-,45-43-,46-44+,51-49-,54-52+,62-60+. The van der Waals surface area contributed by atoms with Crippen LogP contribution in [0.25, 0.3) is 0 Å². The van der Waals surface area contributed by atoms with Gasteiger partial charge in [-0.15, -0.1) is 0 Å². The lowest BCUT2D eigenvalue weighted by Gasteiger charge is -2.46. The topological polar surface area (TPSA) is 228 Å². The predicted octanol–water partition coefficient (Wildman–Crippen LogP) is 15.4. The zero-order valence-corrected chi connectivity index (χ0v) is 57.4. The van der Waals surface area contributed by atoms with Crippen LogP contribution in [0.5, 0.6) is 0 Å². The number of allylic oxidation sites excluding steroid dienone is 25. The maximum atomic E-state index is 13.3. The number of amides is 1. The van der Waals surface area contributed by atoms with Gasteiger partial charge >= 0.3 is 0 Å². The molecule has 12 atom stereocenters. The molecule has 0 aromatic heterocycles. The largest absolute Gasteiger partial charge is 0.394 e. The average Bonchev–Trinajstić information content (AvgIpc) is 0.854. The van der Waals surface area contributed by atoms with E-state index in [9.17, 15) is 45.6 Å². The molecule has 0 radical (unpaired) electrons. The van der Waals surface area contributed by atoms with Crippen molar-refractivity contribution in [2.45, 2.75) is 312 Å². The van der Waals surface area contributed by atoms with Gasteiger partial charge in [-0.2, -0.15) is 0 Å². The van der Waals surface area contributed by atoms with Crippen molar-refractivity contribution in [1.29, 1.82) is 0 Å². The third-order valence-electron chi connectivity index (χ3n) is 16.4. The first kappa shape index (κ1) is 84.7. The van der Waals surface area contributed by atoms with Crippen LogP contribution in [0, 0.1) is 0 Å². The molecule has 9 N–H and O–H groups in total. The molecule has 14 heteroatoms. The summed E-state index contributed by atoms with van der Waals surface area (Å²) in [5, 5.41) is 87.4. The highest BCUT2D eigenvalue weighted by molar-refractivity contribution is 5.76. The summed E-state index contributed by atoms with van der Waals surface area (Å²) in [7, 11) is 0. The molecule has 0 bridgehead atoms. The minimum Gasteiger partial charge on any atom is -0.394 e. The van der Waals surface area contributed by atoms with E-state index in [1.807, 2.05) is 6.08 Å². The van der Waals surface area contributed by atoms with Crippen molar-refractivity contribution in [2.24, 2.45) is 0 Å². The monoisotopic (exact) mass is 1300 g/mol. The molecular weight excluding hydrogens is 1170 g/mol. The first-order valence-electron chi connectivity index (χ1n) is 36.2. The molecule has 2 saturated heterocycles. The zero-order valence-electron chi connectivity index (χ0n) is 57.4. The van der Waals surface area contributed by atoms with Gasteiger partial charge in [0.25, 0.3) is 0 Å². The molecule has 0 saturated carbocycles. The van der Waals surface area contributed by atoms with Gasteiger partial charge in [0.2, 0.25) is 5.91 Å². The Balaban J connectivity index is 1.72. The number of rotatable bonds is 57. The highest BCUT2D eigenvalue weighted by atomic mass is 16.7. The second-order valence-electron chi connectivity index (χ2n) is 24.6. The summed E-state index contributed by atoms with van der Waals surface area (Å²) in [6, 6.07) is -0.966. The SMILES string of the molecule is CC/C=C\C/C=C\C/C=C\C/C=C\C/C=C\C/C=C\C/C=C\C/C=C\C/C=C\C/C=C\CCCCCCC(=O)NC(COC1OC(CO)C(OC2OC(CO)C(O)C(O)C2O)C(O)C1O)C(O)/C=C/CC/C=C/CC/C=C/CCCCCCCCCCCCCCCC. The summed E-state index contributed by atoms with van der Waals surface area (Å²) in [6.45, 7) is 2.64. The first-order valence-corrected chi connectivity index (χ1v) is 36.2. The Morgan fingerprint density at radius 3 is 1.18 bits per heavy atom. The van der Waals surface area contributed by atoms with Gasteiger partial charge in [-0.05, 0) is 122 Å². The molecular formula is C79H129NO13. The van der Waals surface area contributed by atoms with Crippen LogP contribution in [0.2, 0.25) is 0 Å². The predicted molar refractivity (Wildman–Crippen MR) is 382 cm³/mol. The maximum absolute atomic E-state index is 13.3. The number of hydrogen-bond acceptors (Lipinski definition) is 13. The van der Waals surface area contributed by atoms with E-state index >= 15 is 0 Å². The van der Waals surface area contributed by atoms with Crippen LogP contribution in [0.1, 0.15) is 239 Å². The van der Waals surface area contributed by atoms with Crippen molar-refractivity contribution in [3.63, 3.8) is 0 Å². The third-order valence-corrected chi connectivity index (χ3v) is 16.4. The summed E-state index contributed by atoms with van der Waals surface area (Å²) in [5.74, 6) is -0.283. The lowest BCUT2D eigenvalue weighted by Crippen LogP contribution is -2.65. The molecule has 1 amide bonds. The van der Waals surface area contributed by atoms with E-state index in [1.54, 1.807) is 6.08 Å². The van der Waals surface area contributed by atoms with E-state index in [1.165, 1.54) is 89.9 Å². The van der Waals surface area contributed by atoms with Crippen LogP contribution in [-0.2, 0) is 23.7 Å². The summed E-state index contributed by atoms with van der Waals surface area (Å²) in [5.41, 5.74) is 0. The molecule has 93 heavy (non-hydrogen) atoms. The van der Waals surface area contributed by atoms with E-state index in [-0.39, 0.29) is 18.9 Å². The lowest BCUT2D eigenvalue weighted by atomic mass is 9.97. The van der Waals surface area contributed by atoms with Crippen molar-refractivity contribution in [1.82, 2.24) is 5.32 Å². The Hall–Kier alpha value is -4.39. The maximum Gasteiger partial charge on any atom is 0.220 e. The fourth-order valence-corrected chi connectivity index (χ4v) is 10.7. The summed E-state index contributed by atoms with van der Waals surface area (Å²) in [6.07, 6.45) is 77.2. The van der Waals surface area contributed by atoms with Crippen molar-refractivity contribution in [3.05, 3.63) is 158 Å². The molecule has 0 spiro atoms. The fraction of sp³-hybridized carbons (Fsp3) is 0.658. The number of unbranched alkanes of at least 4 members (excludes halogenated alkanes) is 20. The van der Waals surface area contributed by atoms with Gasteiger partial charge in [0.15, 0.2) is 12.6 Å². The third kappa shape index (κ3) is 44.9. The normalized spacial score (nSPS) is 23.5. The molecule has 2 rings (SSSR count). The van der Waals surface area contributed by atoms with Gasteiger partial charge in [-0.3, -0.25) is 4.79 Å². The molecule has 14 nitrogen and oxygen atoms in total. The highest BCUT2D eigenvalue weighted by Gasteiger charge is 2.51. The van der Waals surface area contributed by atoms with Gasteiger partial charge in [-0.25, -0.2) is 0 Å². The number of aliphatic hydroxyl groups excluding tert-OH is 8. The van der Waals surface area contributed by atoms with Crippen molar-refractivity contribution >= 4 is 5.91 Å². The van der Waals surface area contributed by atoms with E-state index < -0.39 is 86.8 Å². The molecule has 2 aliphatic rings. The Morgan fingerprint density at radius 1 is 0.398 bits per heavy atom. The zero-order chi connectivity index (χ0) is 67.3. The Morgan fingerprint density at radius 2 is 0.753 bits per heavy atom. The molecule has 0 aliphatic carbocycles. The van der Waals surface area contributed by atoms with Gasteiger partial charge in [0.1, 0.15) is 48.8 Å². The van der Waals surface area contributed by atoms with Crippen LogP contribution in [0.4, 0.5) is 0 Å². The minimum atomic E-state index is -1.80. The lowest BCUT2D eigenvalue weighted by molar-refractivity contribution is -0.359. The van der Waals surface area contributed by atoms with Crippen molar-refractivity contribution in [3.8, 4) is 0 Å². The Bertz CT molecular complexity index is 2170. The number of hydrogen-bond donors (Lipinski definition) is 9. The molecule has 528 valence electrons. The van der Waals surface area contributed by atoms with E-state index in [4.69, 9.17) is 18.9 Å². The average molecular weight is 1300 g/mol. The molecule has 2 fully saturated rings. The van der Waals surface area contributed by atoms with E-state index in [2.05, 4.69) is 165 Å². The van der Waals surface area contributed by atoms with Gasteiger partial charge < -0.3 is 65.1 Å². The Labute approximate surface area is 563 Å². The highest BCUT2D eigenvalue weighted by Crippen LogP contribution is 2.30. The number of ether oxygens (including phenoxy) is 4. The van der Waals surface area contributed by atoms with Crippen LogP contribution < -0.4 is 5.32 Å². The molecule has 2 heterocycles. The summed E-state index contributed by atoms with van der Waals surface area (Å²) < 4.78 is 22.8. The molecule has 0 aromatic rings. The van der Waals surface area contributed by atoms with Crippen molar-refractivity contribution in [2.75, 3.05) is 19.8 Å². The molecule has 2 aliphatic heterocycles. The minimum absolute atomic E-state index is 0.229. The summed E-state index contributed by atoms with van der Waals surface area (Å²) in [4.78, 5) is 13.3. The fourth-order valence-electron chi connectivity index (χ4n) is 10.7. The number of carbonyl (C=O) groups is 1. The smallest absolute Gasteiger partial charge is 0.220 e. The van der Waals surface area contributed by atoms with E-state index in [0.717, 1.165) is 116 Å². The van der Waals surface area contributed by atoms with Crippen LogP contribution in [-0.4, -0.2) is 140 Å². The van der Waals surface area contributed by atoms with Gasteiger partial charge in [0, 0.05) is 6.42 Å². The molecule has 0 aromatic carbocycles. The van der Waals surface area contributed by atoms with E-state index in [0.29, 0.717) is 12.8 Å². The van der Waals surface area contributed by atoms with Crippen LogP contribution in [0.15, 0.2) is 158 Å². The summed E-state index contributed by atoms with van der Waals surface area (Å²) >= 11 is 0. The quantitative estimate of drug-likeness (QED) is 0.0204. The number of nitrogens with one attached hydrogen (secondary N) is 1. The first-order chi connectivity index (χ1) is 45.6.